The van der Waals surface area contributed by atoms with E-state index in [1.54, 1.807) is 0 Å². The molecule has 100 valence electrons. The number of thiol groups is 4. The van der Waals surface area contributed by atoms with Crippen LogP contribution >= 0.6 is 48.9 Å². The van der Waals surface area contributed by atoms with E-state index in [9.17, 15) is 0 Å². The average Bonchev–Trinajstić information content (AvgIpc) is 2.22. The van der Waals surface area contributed by atoms with E-state index >= 15 is 0 Å². The fourth-order valence-corrected chi connectivity index (χ4v) is 3.70. The van der Waals surface area contributed by atoms with Gasteiger partial charge in [0.1, 0.15) is 0 Å². The predicted molar refractivity (Wildman–Crippen MR) is 95.0 cm³/mol. The van der Waals surface area contributed by atoms with Crippen molar-refractivity contribution < 1.29 is 0 Å². The summed E-state index contributed by atoms with van der Waals surface area (Å²) in [4.78, 5) is 0. The Morgan fingerprint density at radius 2 is 1.19 bits per heavy atom. The van der Waals surface area contributed by atoms with E-state index in [1.165, 1.54) is 38.5 Å². The second-order valence-corrected chi connectivity index (χ2v) is 16.6. The summed E-state index contributed by atoms with van der Waals surface area (Å²) in [6, 6.07) is 1.02. The van der Waals surface area contributed by atoms with Crippen LogP contribution in [0.2, 0.25) is 6.04 Å². The minimum atomic E-state index is -1.64. The van der Waals surface area contributed by atoms with Crippen molar-refractivity contribution >= 4 is 54.4 Å². The van der Waals surface area contributed by atoms with Gasteiger partial charge in [0.2, 0.25) is 5.52 Å². The zero-order chi connectivity index (χ0) is 12.9. The summed E-state index contributed by atoms with van der Waals surface area (Å²) in [5.41, 5.74) is -1.64. The monoisotopic (exact) mass is 316 g/mol. The highest BCUT2D eigenvalue weighted by Gasteiger charge is 2.16. The molecule has 0 unspecified atom stereocenters. The van der Waals surface area contributed by atoms with Crippen LogP contribution in [0.4, 0.5) is 0 Å². The van der Waals surface area contributed by atoms with Crippen molar-refractivity contribution in [3.05, 3.63) is 0 Å². The van der Waals surface area contributed by atoms with Crippen LogP contribution in [0.5, 0.6) is 0 Å². The Labute approximate surface area is 124 Å². The maximum atomic E-state index is 4.22. The molecule has 0 radical (unpaired) electrons. The molecule has 0 saturated heterocycles. The molecule has 0 saturated carbocycles. The smallest absolute Gasteiger partial charge is 0.180 e. The highest BCUT2D eigenvalue weighted by atomic mass is 32.7. The molecule has 0 fully saturated rings. The van der Waals surface area contributed by atoms with E-state index in [-0.39, 0.29) is 0 Å². The molecular formula is C11H28S4Si. The van der Waals surface area contributed by atoms with Crippen LogP contribution in [0.1, 0.15) is 58.8 Å². The highest BCUT2D eigenvalue weighted by molar-refractivity contribution is 8.68. The Kier molecular flexibility index (Phi) is 18.3. The molecule has 0 amide bonds. The van der Waals surface area contributed by atoms with Crippen molar-refractivity contribution in [2.75, 3.05) is 5.75 Å². The molecule has 0 rings (SSSR count). The lowest BCUT2D eigenvalue weighted by Gasteiger charge is -2.09. The fourth-order valence-electron chi connectivity index (χ4n) is 1.17. The Morgan fingerprint density at radius 1 is 0.750 bits per heavy atom. The number of hydrogen-bond acceptors (Lipinski definition) is 4. The minimum Gasteiger partial charge on any atom is -0.180 e. The molecule has 0 aromatic carbocycles. The predicted octanol–water partition coefficient (Wildman–Crippen LogP) is 5.40. The summed E-state index contributed by atoms with van der Waals surface area (Å²) in [6.07, 6.45) is 9.56. The van der Waals surface area contributed by atoms with E-state index in [0.29, 0.717) is 0 Å². The van der Waals surface area contributed by atoms with Gasteiger partial charge in [0.25, 0.3) is 0 Å². The summed E-state index contributed by atoms with van der Waals surface area (Å²) < 4.78 is 0. The van der Waals surface area contributed by atoms with Gasteiger partial charge in [-0.15, -0.1) is 0 Å². The second kappa shape index (κ2) is 14.7. The highest BCUT2D eigenvalue weighted by Crippen LogP contribution is 2.24. The summed E-state index contributed by atoms with van der Waals surface area (Å²) in [5.74, 6) is 0.913. The van der Waals surface area contributed by atoms with Crippen molar-refractivity contribution in [2.45, 2.75) is 64.8 Å². The summed E-state index contributed by atoms with van der Waals surface area (Å²) in [6.45, 7) is 4.51. The van der Waals surface area contributed by atoms with Crippen LogP contribution in [-0.2, 0) is 0 Å². The SMILES string of the molecule is CCCCCCCC.SCCC[Si](S)(S)S. The maximum absolute atomic E-state index is 4.22. The van der Waals surface area contributed by atoms with Gasteiger partial charge in [0.05, 0.1) is 0 Å². The first kappa shape index (κ1) is 19.9. The van der Waals surface area contributed by atoms with Gasteiger partial charge in [-0.3, -0.25) is 0 Å². The van der Waals surface area contributed by atoms with Crippen LogP contribution in [-0.4, -0.2) is 11.3 Å². The Bertz CT molecular complexity index is 120. The molecule has 5 heteroatoms. The first-order chi connectivity index (χ1) is 7.47. The topological polar surface area (TPSA) is 0 Å². The molecule has 0 nitrogen and oxygen atoms in total. The normalized spacial score (nSPS) is 10.9. The third kappa shape index (κ3) is 24.7. The number of rotatable bonds is 8. The average molecular weight is 317 g/mol. The number of unbranched alkanes of at least 4 members (excludes halogenated alkanes) is 5. The lowest BCUT2D eigenvalue weighted by Crippen LogP contribution is -2.08. The Hall–Kier alpha value is 1.62. The minimum absolute atomic E-state index is 0.913. The van der Waals surface area contributed by atoms with Gasteiger partial charge >= 0.3 is 0 Å². The molecule has 0 heterocycles. The van der Waals surface area contributed by atoms with Crippen molar-refractivity contribution in [1.82, 2.24) is 0 Å². The maximum Gasteiger partial charge on any atom is 0.228 e. The quantitative estimate of drug-likeness (QED) is 0.257. The van der Waals surface area contributed by atoms with Gasteiger partial charge in [-0.2, -0.15) is 48.9 Å². The molecule has 16 heavy (non-hydrogen) atoms. The van der Waals surface area contributed by atoms with Crippen molar-refractivity contribution in [1.29, 1.82) is 0 Å². The van der Waals surface area contributed by atoms with Crippen molar-refractivity contribution in [3.8, 4) is 0 Å². The van der Waals surface area contributed by atoms with Crippen LogP contribution in [0.15, 0.2) is 0 Å². The summed E-state index contributed by atoms with van der Waals surface area (Å²) >= 11 is 16.7. The zero-order valence-corrected chi connectivity index (χ0v) is 15.2. The van der Waals surface area contributed by atoms with Gasteiger partial charge in [-0.25, -0.2) is 0 Å². The zero-order valence-electron chi connectivity index (χ0n) is 10.7. The van der Waals surface area contributed by atoms with Crippen molar-refractivity contribution in [3.63, 3.8) is 0 Å². The van der Waals surface area contributed by atoms with E-state index in [1.807, 2.05) is 0 Å². The molecule has 0 aromatic heterocycles. The van der Waals surface area contributed by atoms with E-state index in [0.717, 1.165) is 18.2 Å². The van der Waals surface area contributed by atoms with E-state index < -0.39 is 5.52 Å². The lowest BCUT2D eigenvalue weighted by molar-refractivity contribution is 0.624. The molecule has 0 aliphatic carbocycles. The van der Waals surface area contributed by atoms with Gasteiger partial charge in [0, 0.05) is 0 Å². The molecule has 0 spiro atoms. The van der Waals surface area contributed by atoms with E-state index in [2.05, 4.69) is 62.7 Å². The Balaban J connectivity index is 0. The molecular weight excluding hydrogens is 288 g/mol. The molecule has 0 N–H and O–H groups in total. The first-order valence-corrected chi connectivity index (χ1v) is 13.0. The Morgan fingerprint density at radius 3 is 1.38 bits per heavy atom. The second-order valence-electron chi connectivity index (χ2n) is 4.02. The molecule has 0 aromatic rings. The van der Waals surface area contributed by atoms with Crippen LogP contribution in [0.3, 0.4) is 0 Å². The molecule has 0 bridgehead atoms. The first-order valence-electron chi connectivity index (χ1n) is 6.25. The standard InChI is InChI=1S/C8H18.C3H10S4Si/c1-3-5-7-8-6-4-2;4-2-1-3-8(5,6)7/h3-8H2,1-2H3;4-7H,1-3H2. The van der Waals surface area contributed by atoms with Gasteiger partial charge in [0.15, 0.2) is 0 Å². The molecule has 0 aliphatic heterocycles. The number of hydrogen-bond donors (Lipinski definition) is 4. The molecule has 0 aliphatic rings. The van der Waals surface area contributed by atoms with Crippen LogP contribution in [0, 0.1) is 0 Å². The van der Waals surface area contributed by atoms with Gasteiger partial charge in [-0.05, 0) is 18.2 Å². The van der Waals surface area contributed by atoms with Gasteiger partial charge in [-0.1, -0.05) is 52.4 Å². The van der Waals surface area contributed by atoms with Crippen molar-refractivity contribution in [2.24, 2.45) is 0 Å². The lowest BCUT2D eigenvalue weighted by atomic mass is 10.1. The molecule has 0 atom stereocenters. The van der Waals surface area contributed by atoms with E-state index in [4.69, 9.17) is 0 Å². The largest absolute Gasteiger partial charge is 0.228 e. The summed E-state index contributed by atoms with van der Waals surface area (Å²) in [7, 11) is 0. The third-order valence-electron chi connectivity index (χ3n) is 2.13. The van der Waals surface area contributed by atoms with Crippen LogP contribution < -0.4 is 0 Å². The van der Waals surface area contributed by atoms with Gasteiger partial charge < -0.3 is 0 Å². The third-order valence-corrected chi connectivity index (χ3v) is 5.48. The summed E-state index contributed by atoms with van der Waals surface area (Å²) in [5, 5.41) is 0. The van der Waals surface area contributed by atoms with Crippen LogP contribution in [0.25, 0.3) is 0 Å². The fraction of sp³-hybridized carbons (Fsp3) is 1.00.